The van der Waals surface area contributed by atoms with Gasteiger partial charge in [-0.25, -0.2) is 15.0 Å². The Bertz CT molecular complexity index is 1430. The van der Waals surface area contributed by atoms with E-state index in [1.165, 1.54) is 0 Å². The number of hydrogen-bond donors (Lipinski definition) is 2. The summed E-state index contributed by atoms with van der Waals surface area (Å²) < 4.78 is 6.09. The van der Waals surface area contributed by atoms with E-state index in [4.69, 9.17) is 38.0 Å². The highest BCUT2D eigenvalue weighted by molar-refractivity contribution is 6.35. The third kappa shape index (κ3) is 7.88. The van der Waals surface area contributed by atoms with Gasteiger partial charge in [0.2, 0.25) is 11.8 Å². The number of halogens is 2. The first-order valence-electron chi connectivity index (χ1n) is 12.9. The molecule has 1 aliphatic heterocycles. The van der Waals surface area contributed by atoms with Gasteiger partial charge >= 0.3 is 5.97 Å². The van der Waals surface area contributed by atoms with E-state index in [2.05, 4.69) is 25.2 Å². The molecule has 3 aromatic heterocycles. The van der Waals surface area contributed by atoms with Crippen molar-refractivity contribution >= 4 is 35.1 Å². The zero-order chi connectivity index (χ0) is 27.9. The molecule has 5 rings (SSSR count). The van der Waals surface area contributed by atoms with Crippen LogP contribution in [-0.2, 0) is 17.9 Å². The van der Waals surface area contributed by atoms with E-state index in [1.54, 1.807) is 30.9 Å². The fourth-order valence-electron chi connectivity index (χ4n) is 4.67. The molecule has 206 valence electrons. The molecule has 0 atom stereocenters. The Balaban J connectivity index is 1.32. The summed E-state index contributed by atoms with van der Waals surface area (Å²) in [5, 5.41) is 13.3. The Morgan fingerprint density at radius 1 is 1.00 bits per heavy atom. The summed E-state index contributed by atoms with van der Waals surface area (Å²) in [5.41, 5.74) is 3.52. The molecule has 1 fully saturated rings. The van der Waals surface area contributed by atoms with Gasteiger partial charge in [0.15, 0.2) is 5.75 Å². The Morgan fingerprint density at radius 2 is 1.70 bits per heavy atom. The molecular weight excluding hydrogens is 551 g/mol. The summed E-state index contributed by atoms with van der Waals surface area (Å²) >= 11 is 12.6. The van der Waals surface area contributed by atoms with Gasteiger partial charge in [0.05, 0.1) is 18.1 Å². The number of ether oxygens (including phenoxy) is 1. The molecule has 4 aromatic rings. The lowest BCUT2D eigenvalue weighted by Gasteiger charge is -2.31. The largest absolute Gasteiger partial charge is 0.481 e. The lowest BCUT2D eigenvalue weighted by molar-refractivity contribution is -0.138. The second-order valence-electron chi connectivity index (χ2n) is 9.73. The first-order valence-corrected chi connectivity index (χ1v) is 13.7. The highest BCUT2D eigenvalue weighted by Gasteiger charge is 2.22. The Morgan fingerprint density at radius 3 is 2.38 bits per heavy atom. The number of anilines is 1. The van der Waals surface area contributed by atoms with Crippen LogP contribution in [0.25, 0.3) is 11.3 Å². The lowest BCUT2D eigenvalue weighted by atomic mass is 9.93. The van der Waals surface area contributed by atoms with Crippen LogP contribution in [0.2, 0.25) is 10.0 Å². The molecule has 40 heavy (non-hydrogen) atoms. The third-order valence-corrected chi connectivity index (χ3v) is 7.08. The molecule has 11 heteroatoms. The minimum Gasteiger partial charge on any atom is -0.481 e. The molecule has 1 aliphatic rings. The van der Waals surface area contributed by atoms with Crippen LogP contribution in [0.4, 0.5) is 5.95 Å². The van der Waals surface area contributed by atoms with E-state index in [9.17, 15) is 4.79 Å². The van der Waals surface area contributed by atoms with E-state index in [0.29, 0.717) is 46.4 Å². The van der Waals surface area contributed by atoms with Crippen LogP contribution >= 0.6 is 23.2 Å². The van der Waals surface area contributed by atoms with Crippen LogP contribution in [0.3, 0.4) is 0 Å². The number of benzene rings is 1. The van der Waals surface area contributed by atoms with E-state index in [1.807, 2.05) is 36.4 Å². The first kappa shape index (κ1) is 27.8. The van der Waals surface area contributed by atoms with Crippen molar-refractivity contribution < 1.29 is 14.6 Å². The number of rotatable bonds is 10. The first-order chi connectivity index (χ1) is 19.4. The van der Waals surface area contributed by atoms with Crippen LogP contribution in [-0.4, -0.2) is 49.0 Å². The van der Waals surface area contributed by atoms with Crippen molar-refractivity contribution in [2.24, 2.45) is 5.92 Å². The minimum atomic E-state index is -0.735. The Hall–Kier alpha value is -3.79. The number of carbonyl (C=O) groups is 1. The summed E-state index contributed by atoms with van der Waals surface area (Å²) in [4.78, 5) is 30.9. The zero-order valence-corrected chi connectivity index (χ0v) is 23.1. The average Bonchev–Trinajstić information content (AvgIpc) is 2.93. The fourth-order valence-corrected chi connectivity index (χ4v) is 5.19. The van der Waals surface area contributed by atoms with Crippen LogP contribution < -0.4 is 10.1 Å². The van der Waals surface area contributed by atoms with Crippen molar-refractivity contribution in [3.05, 3.63) is 88.4 Å². The van der Waals surface area contributed by atoms with Crippen LogP contribution in [0.5, 0.6) is 11.6 Å². The van der Waals surface area contributed by atoms with Gasteiger partial charge in [0, 0.05) is 53.6 Å². The van der Waals surface area contributed by atoms with Crippen LogP contribution in [0.15, 0.2) is 67.3 Å². The molecule has 1 aromatic carbocycles. The van der Waals surface area contributed by atoms with E-state index >= 15 is 0 Å². The predicted molar refractivity (Wildman–Crippen MR) is 154 cm³/mol. The number of aliphatic carboxylic acids is 1. The number of carboxylic acid groups (broad SMARTS) is 1. The maximum absolute atomic E-state index is 11.1. The molecule has 0 bridgehead atoms. The molecule has 0 saturated carbocycles. The number of pyridine rings is 2. The van der Waals surface area contributed by atoms with Crippen molar-refractivity contribution in [3.8, 4) is 22.9 Å². The molecular formula is C29H28Cl2N6O3. The smallest absolute Gasteiger partial charge is 0.303 e. The molecule has 1 saturated heterocycles. The van der Waals surface area contributed by atoms with Gasteiger partial charge in [-0.05, 0) is 79.4 Å². The fraction of sp³-hybridized carbons (Fsp3) is 0.276. The highest BCUT2D eigenvalue weighted by atomic mass is 35.5. The molecule has 4 heterocycles. The Kier molecular flexibility index (Phi) is 9.05. The van der Waals surface area contributed by atoms with Crippen molar-refractivity contribution in [2.45, 2.75) is 32.4 Å². The van der Waals surface area contributed by atoms with Gasteiger partial charge in [-0.1, -0.05) is 23.2 Å². The number of nitrogens with one attached hydrogen (secondary N) is 1. The summed E-state index contributed by atoms with van der Waals surface area (Å²) in [6, 6.07) is 13.0. The maximum atomic E-state index is 11.1. The van der Waals surface area contributed by atoms with Gasteiger partial charge in [-0.15, -0.1) is 0 Å². The van der Waals surface area contributed by atoms with E-state index < -0.39 is 5.97 Å². The highest BCUT2D eigenvalue weighted by Crippen LogP contribution is 2.31. The molecule has 2 N–H and O–H groups in total. The van der Waals surface area contributed by atoms with Crippen molar-refractivity contribution in [3.63, 3.8) is 0 Å². The van der Waals surface area contributed by atoms with Crippen LogP contribution in [0.1, 0.15) is 30.4 Å². The maximum Gasteiger partial charge on any atom is 0.303 e. The van der Waals surface area contributed by atoms with Crippen molar-refractivity contribution in [2.75, 3.05) is 18.4 Å². The average molecular weight is 579 g/mol. The van der Waals surface area contributed by atoms with Crippen LogP contribution in [0, 0.1) is 5.92 Å². The standard InChI is InChI=1S/C29H28Cl2N6O3/c30-23-12-22(13-24(31)14-23)26-9-21(18-37-7-3-19(4-8-37)11-28(38)39)10-27(36-26)40-25-16-34-29(35-17-25)33-15-20-1-5-32-6-2-20/h1-2,5-6,9-10,12-14,16-17,19H,3-4,7-8,11,15,18H2,(H,38,39)(H,33,34,35). The molecule has 9 nitrogen and oxygen atoms in total. The van der Waals surface area contributed by atoms with Gasteiger partial charge in [-0.2, -0.15) is 0 Å². The second kappa shape index (κ2) is 13.0. The minimum absolute atomic E-state index is 0.219. The molecule has 0 amide bonds. The quantitative estimate of drug-likeness (QED) is 0.222. The third-order valence-electron chi connectivity index (χ3n) is 6.65. The zero-order valence-electron chi connectivity index (χ0n) is 21.6. The number of likely N-dealkylation sites (tertiary alicyclic amines) is 1. The van der Waals surface area contributed by atoms with Gasteiger partial charge in [0.1, 0.15) is 0 Å². The number of aromatic nitrogens is 4. The monoisotopic (exact) mass is 578 g/mol. The summed E-state index contributed by atoms with van der Waals surface area (Å²) in [5.74, 6) is 0.803. The van der Waals surface area contributed by atoms with Gasteiger partial charge in [-0.3, -0.25) is 14.7 Å². The molecule has 0 unspecified atom stereocenters. The van der Waals surface area contributed by atoms with Gasteiger partial charge in [0.25, 0.3) is 0 Å². The van der Waals surface area contributed by atoms with Gasteiger partial charge < -0.3 is 15.2 Å². The molecule has 0 aliphatic carbocycles. The van der Waals surface area contributed by atoms with Crippen molar-refractivity contribution in [1.29, 1.82) is 0 Å². The molecule has 0 spiro atoms. The Labute approximate surface area is 242 Å². The number of hydrogen-bond acceptors (Lipinski definition) is 8. The molecule has 0 radical (unpaired) electrons. The summed E-state index contributed by atoms with van der Waals surface area (Å²) in [7, 11) is 0. The second-order valence-corrected chi connectivity index (χ2v) is 10.6. The van der Waals surface area contributed by atoms with Crippen molar-refractivity contribution in [1.82, 2.24) is 24.8 Å². The SMILES string of the molecule is O=C(O)CC1CCN(Cc2cc(Oc3cnc(NCc4ccncc4)nc3)nc(-c3cc(Cl)cc(Cl)c3)c2)CC1. The number of piperidine rings is 1. The number of nitrogens with zero attached hydrogens (tertiary/aromatic N) is 5. The topological polar surface area (TPSA) is 113 Å². The summed E-state index contributed by atoms with van der Waals surface area (Å²) in [6.07, 6.45) is 8.61. The normalized spacial score (nSPS) is 14.2. The summed E-state index contributed by atoms with van der Waals surface area (Å²) in [6.45, 7) is 2.91. The lowest BCUT2D eigenvalue weighted by Crippen LogP contribution is -2.33. The van der Waals surface area contributed by atoms with E-state index in [-0.39, 0.29) is 12.3 Å². The predicted octanol–water partition coefficient (Wildman–Crippen LogP) is 6.33. The van der Waals surface area contributed by atoms with E-state index in [0.717, 1.165) is 42.6 Å². The number of carboxylic acids is 1.